The van der Waals surface area contributed by atoms with Crippen LogP contribution < -0.4 is 15.4 Å². The second kappa shape index (κ2) is 11.2. The number of aliphatic hydroxyl groups is 1. The molecule has 0 bridgehead atoms. The molecule has 144 valence electrons. The van der Waals surface area contributed by atoms with Crippen LogP contribution in [0.15, 0.2) is 36.5 Å². The third kappa shape index (κ3) is 6.64. The van der Waals surface area contributed by atoms with Crippen molar-refractivity contribution < 1.29 is 14.6 Å². The first-order valence-corrected chi connectivity index (χ1v) is 8.99. The minimum Gasteiger partial charge on any atom is -0.409 e. The number of benzene rings is 1. The normalized spacial score (nSPS) is 9.61. The van der Waals surface area contributed by atoms with Crippen molar-refractivity contribution in [1.82, 2.24) is 10.3 Å². The molecule has 28 heavy (non-hydrogen) atoms. The summed E-state index contributed by atoms with van der Waals surface area (Å²) in [7, 11) is 0. The smallest absolute Gasteiger partial charge is 0.409 e. The molecule has 2 rings (SSSR count). The Labute approximate surface area is 164 Å². The summed E-state index contributed by atoms with van der Waals surface area (Å²) < 4.78 is 5.39. The van der Waals surface area contributed by atoms with Crippen LogP contribution in [-0.4, -0.2) is 29.3 Å². The summed E-state index contributed by atoms with van der Waals surface area (Å²) in [5, 5.41) is 23.5. The third-order valence-corrected chi connectivity index (χ3v) is 3.56. The van der Waals surface area contributed by atoms with Gasteiger partial charge in [-0.15, -0.1) is 0 Å². The minimum atomic E-state index is -0.559. The SMILES string of the molecule is CCCNC(=O)Oc1cc(Nc2ccc(C#N)cc2)ncc1C#CCCCO. The Balaban J connectivity index is 2.21. The molecule has 0 spiro atoms. The van der Waals surface area contributed by atoms with E-state index in [2.05, 4.69) is 33.5 Å². The van der Waals surface area contributed by atoms with Gasteiger partial charge >= 0.3 is 6.09 Å². The molecular formula is C21H22N4O3. The lowest BCUT2D eigenvalue weighted by Crippen LogP contribution is -2.27. The predicted molar refractivity (Wildman–Crippen MR) is 106 cm³/mol. The Morgan fingerprint density at radius 3 is 2.79 bits per heavy atom. The molecule has 0 unspecified atom stereocenters. The van der Waals surface area contributed by atoms with Crippen molar-refractivity contribution in [1.29, 1.82) is 5.26 Å². The Kier molecular flexibility index (Phi) is 8.32. The number of ether oxygens (including phenoxy) is 1. The lowest BCUT2D eigenvalue weighted by Gasteiger charge is -2.10. The Hall–Kier alpha value is -3.55. The largest absolute Gasteiger partial charge is 0.412 e. The van der Waals surface area contributed by atoms with Crippen LogP contribution in [0.4, 0.5) is 16.3 Å². The van der Waals surface area contributed by atoms with Crippen molar-refractivity contribution in [3.8, 4) is 23.7 Å². The number of rotatable bonds is 7. The standard InChI is InChI=1S/C21H22N4O3/c1-2-11-23-21(27)28-19-13-20(24-15-17(19)6-4-3-5-12-26)25-18-9-7-16(14-22)8-10-18/h7-10,13,15,26H,2-3,5,11-12H2,1H3,(H,23,27)(H,24,25). The fourth-order valence-corrected chi connectivity index (χ4v) is 2.15. The van der Waals surface area contributed by atoms with E-state index in [-0.39, 0.29) is 12.4 Å². The molecule has 7 nitrogen and oxygen atoms in total. The molecule has 1 aromatic carbocycles. The van der Waals surface area contributed by atoms with E-state index in [1.165, 1.54) is 6.20 Å². The van der Waals surface area contributed by atoms with Crippen molar-refractivity contribution in [3.05, 3.63) is 47.7 Å². The average Bonchev–Trinajstić information content (AvgIpc) is 2.71. The summed E-state index contributed by atoms with van der Waals surface area (Å²) in [4.78, 5) is 16.3. The van der Waals surface area contributed by atoms with Gasteiger partial charge in [0.2, 0.25) is 0 Å². The quantitative estimate of drug-likeness (QED) is 0.504. The number of anilines is 2. The van der Waals surface area contributed by atoms with E-state index >= 15 is 0 Å². The summed E-state index contributed by atoms with van der Waals surface area (Å²) in [6.07, 6.45) is 2.87. The van der Waals surface area contributed by atoms with Crippen molar-refractivity contribution in [2.75, 3.05) is 18.5 Å². The third-order valence-electron chi connectivity index (χ3n) is 3.56. The highest BCUT2D eigenvalue weighted by Gasteiger charge is 2.10. The van der Waals surface area contributed by atoms with Gasteiger partial charge in [0.1, 0.15) is 5.82 Å². The number of amides is 1. The molecule has 1 aromatic heterocycles. The molecule has 0 radical (unpaired) electrons. The molecular weight excluding hydrogens is 356 g/mol. The van der Waals surface area contributed by atoms with Crippen LogP contribution in [0.25, 0.3) is 0 Å². The van der Waals surface area contributed by atoms with Crippen LogP contribution in [0, 0.1) is 23.2 Å². The number of nitriles is 1. The van der Waals surface area contributed by atoms with Crippen molar-refractivity contribution in [2.24, 2.45) is 0 Å². The van der Waals surface area contributed by atoms with Gasteiger partial charge in [0.25, 0.3) is 0 Å². The summed E-state index contributed by atoms with van der Waals surface area (Å²) in [6.45, 7) is 2.53. The zero-order valence-electron chi connectivity index (χ0n) is 15.7. The lowest BCUT2D eigenvalue weighted by molar-refractivity contribution is 0.200. The first kappa shape index (κ1) is 20.8. The number of carbonyl (C=O) groups excluding carboxylic acids is 1. The predicted octanol–water partition coefficient (Wildman–Crippen LogP) is 3.32. The maximum absolute atomic E-state index is 12.0. The van der Waals surface area contributed by atoms with Crippen LogP contribution in [-0.2, 0) is 0 Å². The summed E-state index contributed by atoms with van der Waals surface area (Å²) in [5.41, 5.74) is 1.79. The maximum atomic E-state index is 12.0. The van der Waals surface area contributed by atoms with Gasteiger partial charge in [-0.25, -0.2) is 9.78 Å². The molecule has 0 saturated heterocycles. The number of nitrogens with one attached hydrogen (secondary N) is 2. The molecule has 0 saturated carbocycles. The Bertz CT molecular complexity index is 893. The van der Waals surface area contributed by atoms with Gasteiger partial charge in [0.05, 0.1) is 17.2 Å². The van der Waals surface area contributed by atoms with Gasteiger partial charge in [-0.3, -0.25) is 0 Å². The van der Waals surface area contributed by atoms with Gasteiger partial charge in [-0.05, 0) is 37.1 Å². The molecule has 0 aliphatic carbocycles. The van der Waals surface area contributed by atoms with Gasteiger partial charge in [0, 0.05) is 37.5 Å². The van der Waals surface area contributed by atoms with E-state index in [4.69, 9.17) is 15.1 Å². The van der Waals surface area contributed by atoms with Crippen LogP contribution in [0.5, 0.6) is 5.75 Å². The molecule has 0 atom stereocenters. The number of nitrogens with zero attached hydrogens (tertiary/aromatic N) is 2. The van der Waals surface area contributed by atoms with E-state index in [9.17, 15) is 4.79 Å². The van der Waals surface area contributed by atoms with Crippen LogP contribution in [0.2, 0.25) is 0 Å². The molecule has 2 aromatic rings. The number of carbonyl (C=O) groups is 1. The van der Waals surface area contributed by atoms with Crippen LogP contribution >= 0.6 is 0 Å². The molecule has 1 amide bonds. The lowest BCUT2D eigenvalue weighted by atomic mass is 10.2. The van der Waals surface area contributed by atoms with E-state index in [1.807, 2.05) is 6.92 Å². The number of hydrogen-bond donors (Lipinski definition) is 3. The minimum absolute atomic E-state index is 0.0726. The molecule has 1 heterocycles. The monoisotopic (exact) mass is 378 g/mol. The van der Waals surface area contributed by atoms with Gasteiger partial charge in [0.15, 0.2) is 5.75 Å². The highest BCUT2D eigenvalue weighted by Crippen LogP contribution is 2.23. The van der Waals surface area contributed by atoms with E-state index in [1.54, 1.807) is 30.3 Å². The first-order valence-electron chi connectivity index (χ1n) is 8.99. The highest BCUT2D eigenvalue weighted by atomic mass is 16.6. The number of aliphatic hydroxyl groups excluding tert-OH is 1. The van der Waals surface area contributed by atoms with Crippen molar-refractivity contribution >= 4 is 17.6 Å². The zero-order valence-corrected chi connectivity index (χ0v) is 15.7. The zero-order chi connectivity index (χ0) is 20.2. The second-order valence-electron chi connectivity index (χ2n) is 5.83. The first-order chi connectivity index (χ1) is 13.7. The number of pyridine rings is 1. The highest BCUT2D eigenvalue weighted by molar-refractivity contribution is 5.72. The van der Waals surface area contributed by atoms with E-state index < -0.39 is 6.09 Å². The molecule has 0 aliphatic rings. The topological polar surface area (TPSA) is 107 Å². The summed E-state index contributed by atoms with van der Waals surface area (Å²) in [5.74, 6) is 6.62. The number of hydrogen-bond acceptors (Lipinski definition) is 6. The second-order valence-corrected chi connectivity index (χ2v) is 5.83. The van der Waals surface area contributed by atoms with Crippen LogP contribution in [0.1, 0.15) is 37.3 Å². The fraction of sp³-hybridized carbons (Fsp3) is 0.286. The number of aromatic nitrogens is 1. The average molecular weight is 378 g/mol. The fourth-order valence-electron chi connectivity index (χ4n) is 2.15. The summed E-state index contributed by atoms with van der Waals surface area (Å²) >= 11 is 0. The molecule has 3 N–H and O–H groups in total. The van der Waals surface area contributed by atoms with E-state index in [0.29, 0.717) is 36.3 Å². The van der Waals surface area contributed by atoms with Crippen molar-refractivity contribution in [2.45, 2.75) is 26.2 Å². The van der Waals surface area contributed by atoms with E-state index in [0.717, 1.165) is 12.1 Å². The Morgan fingerprint density at radius 1 is 1.32 bits per heavy atom. The van der Waals surface area contributed by atoms with Gasteiger partial charge in [-0.2, -0.15) is 5.26 Å². The molecule has 7 heteroatoms. The summed E-state index contributed by atoms with van der Waals surface area (Å²) in [6, 6.07) is 10.6. The molecule has 0 fully saturated rings. The number of unbranched alkanes of at least 4 members (excludes halogenated alkanes) is 1. The van der Waals surface area contributed by atoms with Crippen LogP contribution in [0.3, 0.4) is 0 Å². The van der Waals surface area contributed by atoms with Gasteiger partial charge < -0.3 is 20.5 Å². The Morgan fingerprint density at radius 2 is 2.11 bits per heavy atom. The molecule has 0 aliphatic heterocycles. The van der Waals surface area contributed by atoms with Gasteiger partial charge in [-0.1, -0.05) is 18.8 Å². The maximum Gasteiger partial charge on any atom is 0.412 e. The van der Waals surface area contributed by atoms with Crippen molar-refractivity contribution in [3.63, 3.8) is 0 Å².